The molecule has 0 spiro atoms. The molecule has 2 aliphatic heterocycles. The molecule has 0 aliphatic carbocycles. The van der Waals surface area contributed by atoms with Gasteiger partial charge in [0, 0.05) is 69.3 Å². The minimum Gasteiger partial charge on any atom is -0.361 e. The van der Waals surface area contributed by atoms with Gasteiger partial charge in [0.1, 0.15) is 5.82 Å². The number of nitrogens with zero attached hydrogens (tertiary/aromatic N) is 3. The molecule has 6 nitrogen and oxygen atoms in total. The van der Waals surface area contributed by atoms with Crippen LogP contribution in [0, 0.1) is 11.7 Å². The molecule has 3 aromatic rings. The maximum atomic E-state index is 13.6. The average Bonchev–Trinajstić information content (AvgIpc) is 3.41. The maximum absolute atomic E-state index is 13.6. The molecule has 172 valence electrons. The van der Waals surface area contributed by atoms with Crippen molar-refractivity contribution in [3.8, 4) is 0 Å². The van der Waals surface area contributed by atoms with Crippen molar-refractivity contribution in [3.63, 3.8) is 0 Å². The van der Waals surface area contributed by atoms with E-state index in [0.29, 0.717) is 32.6 Å². The molecule has 1 N–H and O–H groups in total. The highest BCUT2D eigenvalue weighted by Crippen LogP contribution is 2.24. The zero-order chi connectivity index (χ0) is 22.8. The fourth-order valence-electron chi connectivity index (χ4n) is 4.99. The third kappa shape index (κ3) is 4.78. The SMILES string of the molecule is O=C1CC(C(=O)N2CCN(Cc3ccccc3)CC2)CN1CCc1c[nH]c2ccc(F)cc12. The minimum atomic E-state index is -0.268. The normalized spacial score (nSPS) is 19.5. The molecule has 2 aromatic carbocycles. The van der Waals surface area contributed by atoms with Crippen LogP contribution in [0.3, 0.4) is 0 Å². The zero-order valence-electron chi connectivity index (χ0n) is 18.7. The van der Waals surface area contributed by atoms with E-state index in [0.717, 1.165) is 36.1 Å². The summed E-state index contributed by atoms with van der Waals surface area (Å²) >= 11 is 0. The molecule has 1 atom stereocenters. The van der Waals surface area contributed by atoms with Gasteiger partial charge in [0.25, 0.3) is 0 Å². The molecule has 0 saturated carbocycles. The summed E-state index contributed by atoms with van der Waals surface area (Å²) in [6.07, 6.45) is 2.79. The van der Waals surface area contributed by atoms with Gasteiger partial charge in [-0.3, -0.25) is 14.5 Å². The number of carbonyl (C=O) groups excluding carboxylic acids is 2. The second kappa shape index (κ2) is 9.35. The number of amides is 2. The number of aromatic amines is 1. The summed E-state index contributed by atoms with van der Waals surface area (Å²) in [7, 11) is 0. The van der Waals surface area contributed by atoms with Crippen molar-refractivity contribution in [1.29, 1.82) is 0 Å². The number of carbonyl (C=O) groups is 2. The molecule has 1 aromatic heterocycles. The van der Waals surface area contributed by atoms with Crippen molar-refractivity contribution >= 4 is 22.7 Å². The predicted molar refractivity (Wildman–Crippen MR) is 125 cm³/mol. The lowest BCUT2D eigenvalue weighted by molar-refractivity contribution is -0.137. The summed E-state index contributed by atoms with van der Waals surface area (Å²) in [4.78, 5) is 34.9. The van der Waals surface area contributed by atoms with Gasteiger partial charge in [-0.25, -0.2) is 4.39 Å². The van der Waals surface area contributed by atoms with E-state index in [1.165, 1.54) is 17.7 Å². The first kappa shape index (κ1) is 21.6. The minimum absolute atomic E-state index is 0.0297. The molecule has 2 saturated heterocycles. The Morgan fingerprint density at radius 2 is 1.85 bits per heavy atom. The Kier molecular flexibility index (Phi) is 6.13. The number of H-pyrrole nitrogens is 1. The lowest BCUT2D eigenvalue weighted by atomic mass is 10.1. The molecule has 1 unspecified atom stereocenters. The van der Waals surface area contributed by atoms with Gasteiger partial charge >= 0.3 is 0 Å². The lowest BCUT2D eigenvalue weighted by Gasteiger charge is -2.36. The summed E-state index contributed by atoms with van der Waals surface area (Å²) in [6.45, 7) is 5.02. The Hall–Kier alpha value is -3.19. The number of rotatable bonds is 6. The van der Waals surface area contributed by atoms with E-state index in [9.17, 15) is 14.0 Å². The van der Waals surface area contributed by atoms with Gasteiger partial charge in [-0.1, -0.05) is 30.3 Å². The second-order valence-corrected chi connectivity index (χ2v) is 9.08. The number of hydrogen-bond donors (Lipinski definition) is 1. The van der Waals surface area contributed by atoms with Gasteiger partial charge in [-0.15, -0.1) is 0 Å². The third-order valence-electron chi connectivity index (χ3n) is 6.88. The van der Waals surface area contributed by atoms with Crippen LogP contribution in [0.5, 0.6) is 0 Å². The highest BCUT2D eigenvalue weighted by Gasteiger charge is 2.37. The summed E-state index contributed by atoms with van der Waals surface area (Å²) in [5, 5.41) is 0.850. The average molecular weight is 449 g/mol. The Morgan fingerprint density at radius 1 is 1.06 bits per heavy atom. The zero-order valence-corrected chi connectivity index (χ0v) is 18.7. The smallest absolute Gasteiger partial charge is 0.228 e. The third-order valence-corrected chi connectivity index (χ3v) is 6.88. The Labute approximate surface area is 193 Å². The lowest BCUT2D eigenvalue weighted by Crippen LogP contribution is -2.50. The van der Waals surface area contributed by atoms with E-state index < -0.39 is 0 Å². The van der Waals surface area contributed by atoms with E-state index in [-0.39, 0.29) is 30.0 Å². The van der Waals surface area contributed by atoms with E-state index >= 15 is 0 Å². The van der Waals surface area contributed by atoms with Gasteiger partial charge in [-0.2, -0.15) is 0 Å². The summed E-state index contributed by atoms with van der Waals surface area (Å²) in [5.41, 5.74) is 3.16. The highest BCUT2D eigenvalue weighted by molar-refractivity contribution is 5.89. The first-order valence-electron chi connectivity index (χ1n) is 11.6. The number of aromatic nitrogens is 1. The van der Waals surface area contributed by atoms with Crippen LogP contribution in [-0.2, 0) is 22.6 Å². The predicted octanol–water partition coefficient (Wildman–Crippen LogP) is 3.04. The molecular weight excluding hydrogens is 419 g/mol. The molecule has 5 rings (SSSR count). The number of benzene rings is 2. The van der Waals surface area contributed by atoms with Gasteiger partial charge in [0.05, 0.1) is 5.92 Å². The molecule has 3 heterocycles. The fourth-order valence-corrected chi connectivity index (χ4v) is 4.99. The van der Waals surface area contributed by atoms with Crippen LogP contribution >= 0.6 is 0 Å². The van der Waals surface area contributed by atoms with Crippen molar-refractivity contribution in [3.05, 3.63) is 71.7 Å². The van der Waals surface area contributed by atoms with Crippen molar-refractivity contribution in [2.45, 2.75) is 19.4 Å². The van der Waals surface area contributed by atoms with Crippen LogP contribution in [0.25, 0.3) is 10.9 Å². The summed E-state index contributed by atoms with van der Waals surface area (Å²) < 4.78 is 13.6. The van der Waals surface area contributed by atoms with Crippen LogP contribution in [0.1, 0.15) is 17.5 Å². The molecule has 0 radical (unpaired) electrons. The van der Waals surface area contributed by atoms with Crippen LogP contribution in [0.4, 0.5) is 4.39 Å². The van der Waals surface area contributed by atoms with Gasteiger partial charge in [-0.05, 0) is 35.7 Å². The summed E-state index contributed by atoms with van der Waals surface area (Å²) in [5.74, 6) is -0.407. The fraction of sp³-hybridized carbons (Fsp3) is 0.385. The van der Waals surface area contributed by atoms with E-state index in [1.807, 2.05) is 17.2 Å². The van der Waals surface area contributed by atoms with Crippen LogP contribution in [0.15, 0.2) is 54.7 Å². The number of nitrogens with one attached hydrogen (secondary N) is 1. The number of fused-ring (bicyclic) bond motifs is 1. The van der Waals surface area contributed by atoms with Gasteiger partial charge in [0.15, 0.2) is 0 Å². The number of halogens is 1. The molecule has 2 aliphatic rings. The standard InChI is InChI=1S/C26H29FN4O2/c27-22-6-7-24-23(15-22)20(16-28-24)8-9-31-18-21(14-25(31)32)26(33)30-12-10-29(11-13-30)17-19-4-2-1-3-5-19/h1-7,15-16,21,28H,8-14,17-18H2. The summed E-state index contributed by atoms with van der Waals surface area (Å²) in [6, 6.07) is 15.1. The number of piperazine rings is 1. The van der Waals surface area contributed by atoms with Crippen LogP contribution in [-0.4, -0.2) is 70.8 Å². The number of hydrogen-bond acceptors (Lipinski definition) is 3. The van der Waals surface area contributed by atoms with E-state index in [4.69, 9.17) is 0 Å². The van der Waals surface area contributed by atoms with E-state index in [2.05, 4.69) is 34.1 Å². The first-order valence-corrected chi connectivity index (χ1v) is 11.6. The van der Waals surface area contributed by atoms with Gasteiger partial charge < -0.3 is 14.8 Å². The second-order valence-electron chi connectivity index (χ2n) is 9.08. The quantitative estimate of drug-likeness (QED) is 0.631. The molecule has 0 bridgehead atoms. The monoisotopic (exact) mass is 448 g/mol. The van der Waals surface area contributed by atoms with Crippen LogP contribution in [0.2, 0.25) is 0 Å². The topological polar surface area (TPSA) is 59.7 Å². The van der Waals surface area contributed by atoms with Crippen molar-refractivity contribution in [1.82, 2.24) is 19.7 Å². The Bertz CT molecular complexity index is 1140. The molecule has 7 heteroatoms. The molecular formula is C26H29FN4O2. The molecule has 2 fully saturated rings. The highest BCUT2D eigenvalue weighted by atomic mass is 19.1. The Balaban J connectivity index is 1.13. The van der Waals surface area contributed by atoms with Gasteiger partial charge in [0.2, 0.25) is 11.8 Å². The maximum Gasteiger partial charge on any atom is 0.228 e. The number of likely N-dealkylation sites (tertiary alicyclic amines) is 1. The van der Waals surface area contributed by atoms with E-state index in [1.54, 1.807) is 11.0 Å². The Morgan fingerprint density at radius 3 is 2.64 bits per heavy atom. The molecule has 33 heavy (non-hydrogen) atoms. The van der Waals surface area contributed by atoms with Crippen LogP contribution < -0.4 is 0 Å². The van der Waals surface area contributed by atoms with Crippen molar-refractivity contribution in [2.24, 2.45) is 5.92 Å². The first-order chi connectivity index (χ1) is 16.1. The largest absolute Gasteiger partial charge is 0.361 e. The molecule has 2 amide bonds. The van der Waals surface area contributed by atoms with Crippen molar-refractivity contribution < 1.29 is 14.0 Å². The van der Waals surface area contributed by atoms with Crippen molar-refractivity contribution in [2.75, 3.05) is 39.3 Å².